The molecule has 0 saturated carbocycles. The van der Waals surface area contributed by atoms with E-state index in [9.17, 15) is 9.59 Å². The molecular formula is C20H24N2O3S. The monoisotopic (exact) mass is 372 g/mol. The number of amides is 2. The molecule has 0 fully saturated rings. The van der Waals surface area contributed by atoms with Crippen LogP contribution in [0.25, 0.3) is 0 Å². The normalized spacial score (nSPS) is 11.5. The fourth-order valence-corrected chi connectivity index (χ4v) is 2.95. The van der Waals surface area contributed by atoms with Crippen LogP contribution in [0.15, 0.2) is 42.5 Å². The van der Waals surface area contributed by atoms with Crippen molar-refractivity contribution < 1.29 is 14.3 Å². The molecule has 2 rings (SSSR count). The highest BCUT2D eigenvalue weighted by molar-refractivity contribution is 8.01. The predicted molar refractivity (Wildman–Crippen MR) is 108 cm³/mol. The van der Waals surface area contributed by atoms with Crippen molar-refractivity contribution in [2.24, 2.45) is 0 Å². The van der Waals surface area contributed by atoms with Crippen molar-refractivity contribution in [3.63, 3.8) is 0 Å². The summed E-state index contributed by atoms with van der Waals surface area (Å²) < 4.78 is 5.08. The topological polar surface area (TPSA) is 67.4 Å². The first-order valence-electron chi connectivity index (χ1n) is 8.33. The summed E-state index contributed by atoms with van der Waals surface area (Å²) in [5.41, 5.74) is 3.69. The SMILES string of the molecule is COc1ccc(NC(=O)CSC(C)C(=O)Nc2cccc(C)c2C)cc1. The minimum Gasteiger partial charge on any atom is -0.497 e. The van der Waals surface area contributed by atoms with Crippen molar-refractivity contribution in [3.05, 3.63) is 53.6 Å². The number of thioether (sulfide) groups is 1. The van der Waals surface area contributed by atoms with Crippen molar-refractivity contribution in [1.29, 1.82) is 0 Å². The molecule has 6 heteroatoms. The first-order valence-corrected chi connectivity index (χ1v) is 9.38. The maximum atomic E-state index is 12.3. The zero-order valence-electron chi connectivity index (χ0n) is 15.5. The van der Waals surface area contributed by atoms with Crippen LogP contribution in [0.4, 0.5) is 11.4 Å². The van der Waals surface area contributed by atoms with Gasteiger partial charge in [-0.3, -0.25) is 9.59 Å². The van der Waals surface area contributed by atoms with Gasteiger partial charge in [0.25, 0.3) is 0 Å². The second kappa shape index (κ2) is 9.29. The lowest BCUT2D eigenvalue weighted by Crippen LogP contribution is -2.25. The zero-order valence-corrected chi connectivity index (χ0v) is 16.3. The van der Waals surface area contributed by atoms with Crippen LogP contribution >= 0.6 is 11.8 Å². The second-order valence-corrected chi connectivity index (χ2v) is 7.30. The molecule has 2 aromatic carbocycles. The molecule has 0 saturated heterocycles. The van der Waals surface area contributed by atoms with E-state index in [4.69, 9.17) is 4.74 Å². The first kappa shape index (κ1) is 19.8. The number of benzene rings is 2. The number of ether oxygens (including phenoxy) is 1. The Morgan fingerprint density at radius 2 is 1.77 bits per heavy atom. The van der Waals surface area contributed by atoms with E-state index in [2.05, 4.69) is 10.6 Å². The van der Waals surface area contributed by atoms with Crippen LogP contribution in [0.2, 0.25) is 0 Å². The molecule has 0 aromatic heterocycles. The van der Waals surface area contributed by atoms with E-state index in [1.54, 1.807) is 38.3 Å². The summed E-state index contributed by atoms with van der Waals surface area (Å²) >= 11 is 1.30. The van der Waals surface area contributed by atoms with E-state index >= 15 is 0 Å². The summed E-state index contributed by atoms with van der Waals surface area (Å²) in [7, 11) is 1.59. The predicted octanol–water partition coefficient (Wildman–Crippen LogP) is 4.01. The minimum atomic E-state index is -0.337. The highest BCUT2D eigenvalue weighted by Crippen LogP contribution is 2.20. The smallest absolute Gasteiger partial charge is 0.237 e. The molecule has 0 aliphatic heterocycles. The van der Waals surface area contributed by atoms with E-state index in [1.807, 2.05) is 32.0 Å². The molecule has 0 spiro atoms. The molecule has 138 valence electrons. The van der Waals surface area contributed by atoms with Gasteiger partial charge in [0.1, 0.15) is 5.75 Å². The molecule has 0 aliphatic carbocycles. The van der Waals surface area contributed by atoms with Gasteiger partial charge < -0.3 is 15.4 Å². The van der Waals surface area contributed by atoms with E-state index in [0.29, 0.717) is 5.69 Å². The lowest BCUT2D eigenvalue weighted by molar-refractivity contribution is -0.115. The molecule has 2 N–H and O–H groups in total. The largest absolute Gasteiger partial charge is 0.497 e. The number of nitrogens with one attached hydrogen (secondary N) is 2. The van der Waals surface area contributed by atoms with Crippen molar-refractivity contribution in [2.45, 2.75) is 26.0 Å². The Balaban J connectivity index is 1.82. The van der Waals surface area contributed by atoms with E-state index in [1.165, 1.54) is 11.8 Å². The van der Waals surface area contributed by atoms with Gasteiger partial charge in [-0.05, 0) is 62.2 Å². The van der Waals surface area contributed by atoms with Crippen molar-refractivity contribution in [3.8, 4) is 5.75 Å². The van der Waals surface area contributed by atoms with Crippen LogP contribution in [0.5, 0.6) is 5.75 Å². The number of methoxy groups -OCH3 is 1. The molecule has 2 amide bonds. The molecule has 0 bridgehead atoms. The number of carbonyl (C=O) groups excluding carboxylic acids is 2. The molecule has 5 nitrogen and oxygen atoms in total. The van der Waals surface area contributed by atoms with Gasteiger partial charge in [0.05, 0.1) is 18.1 Å². The highest BCUT2D eigenvalue weighted by Gasteiger charge is 2.16. The molecule has 0 aliphatic rings. The minimum absolute atomic E-state index is 0.110. The number of hydrogen-bond acceptors (Lipinski definition) is 4. The standard InChI is InChI=1S/C20H24N2O3S/c1-13-6-5-7-18(14(13)2)22-20(24)15(3)26-12-19(23)21-16-8-10-17(25-4)11-9-16/h5-11,15H,12H2,1-4H3,(H,21,23)(H,22,24). The maximum absolute atomic E-state index is 12.3. The van der Waals surface area contributed by atoms with Crippen LogP contribution in [0.3, 0.4) is 0 Å². The summed E-state index contributed by atoms with van der Waals surface area (Å²) in [6, 6.07) is 12.9. The lowest BCUT2D eigenvalue weighted by Gasteiger charge is -2.14. The molecule has 2 aromatic rings. The Morgan fingerprint density at radius 1 is 1.08 bits per heavy atom. The number of carbonyl (C=O) groups is 2. The van der Waals surface area contributed by atoms with Crippen molar-refractivity contribution >= 4 is 35.0 Å². The molecule has 0 heterocycles. The Bertz CT molecular complexity index is 775. The first-order chi connectivity index (χ1) is 12.4. The zero-order chi connectivity index (χ0) is 19.1. The molecular weight excluding hydrogens is 348 g/mol. The third kappa shape index (κ3) is 5.52. The lowest BCUT2D eigenvalue weighted by atomic mass is 10.1. The Morgan fingerprint density at radius 3 is 2.42 bits per heavy atom. The summed E-state index contributed by atoms with van der Waals surface area (Å²) in [4.78, 5) is 24.4. The summed E-state index contributed by atoms with van der Waals surface area (Å²) in [5, 5.41) is 5.40. The molecule has 1 unspecified atom stereocenters. The van der Waals surface area contributed by atoms with Gasteiger partial charge in [0.2, 0.25) is 11.8 Å². The van der Waals surface area contributed by atoms with Gasteiger partial charge in [-0.1, -0.05) is 12.1 Å². The van der Waals surface area contributed by atoms with Gasteiger partial charge in [0.15, 0.2) is 0 Å². The summed E-state index contributed by atoms with van der Waals surface area (Å²) in [5.74, 6) is 0.676. The third-order valence-corrected chi connectivity index (χ3v) is 5.21. The molecule has 26 heavy (non-hydrogen) atoms. The number of aryl methyl sites for hydroxylation is 1. The van der Waals surface area contributed by atoms with Crippen molar-refractivity contribution in [1.82, 2.24) is 0 Å². The molecule has 1 atom stereocenters. The van der Waals surface area contributed by atoms with Crippen molar-refractivity contribution in [2.75, 3.05) is 23.5 Å². The van der Waals surface area contributed by atoms with Gasteiger partial charge in [-0.15, -0.1) is 11.8 Å². The van der Waals surface area contributed by atoms with Gasteiger partial charge in [-0.25, -0.2) is 0 Å². The van der Waals surface area contributed by atoms with Gasteiger partial charge in [-0.2, -0.15) is 0 Å². The Kier molecular flexibility index (Phi) is 7.09. The maximum Gasteiger partial charge on any atom is 0.237 e. The second-order valence-electron chi connectivity index (χ2n) is 5.97. The highest BCUT2D eigenvalue weighted by atomic mass is 32.2. The third-order valence-electron chi connectivity index (χ3n) is 4.07. The average Bonchev–Trinajstić information content (AvgIpc) is 2.64. The summed E-state index contributed by atoms with van der Waals surface area (Å²) in [6.45, 7) is 5.78. The number of anilines is 2. The van der Waals surface area contributed by atoms with E-state index in [0.717, 1.165) is 22.6 Å². The van der Waals surface area contributed by atoms with E-state index in [-0.39, 0.29) is 22.8 Å². The average molecular weight is 372 g/mol. The van der Waals surface area contributed by atoms with Gasteiger partial charge >= 0.3 is 0 Å². The molecule has 0 radical (unpaired) electrons. The summed E-state index contributed by atoms with van der Waals surface area (Å²) in [6.07, 6.45) is 0. The Labute approximate surface area is 158 Å². The number of rotatable bonds is 7. The van der Waals surface area contributed by atoms with Crippen LogP contribution in [0.1, 0.15) is 18.1 Å². The Hall–Kier alpha value is -2.47. The number of hydrogen-bond donors (Lipinski definition) is 2. The van der Waals surface area contributed by atoms with Crippen LogP contribution in [0, 0.1) is 13.8 Å². The van der Waals surface area contributed by atoms with E-state index < -0.39 is 0 Å². The van der Waals surface area contributed by atoms with Crippen LogP contribution < -0.4 is 15.4 Å². The fraction of sp³-hybridized carbons (Fsp3) is 0.300. The fourth-order valence-electron chi connectivity index (χ4n) is 2.27. The van der Waals surface area contributed by atoms with Crippen LogP contribution in [-0.4, -0.2) is 29.9 Å². The van der Waals surface area contributed by atoms with Crippen LogP contribution in [-0.2, 0) is 9.59 Å². The van der Waals surface area contributed by atoms with Gasteiger partial charge in [0, 0.05) is 11.4 Å². The quantitative estimate of drug-likeness (QED) is 0.771.